The summed E-state index contributed by atoms with van der Waals surface area (Å²) in [5.41, 5.74) is 3.94. The molecule has 0 spiro atoms. The van der Waals surface area contributed by atoms with Crippen molar-refractivity contribution in [1.82, 2.24) is 10.3 Å². The Hall–Kier alpha value is -1.19. The third kappa shape index (κ3) is 4.94. The predicted molar refractivity (Wildman–Crippen MR) is 92.0 cm³/mol. The van der Waals surface area contributed by atoms with Crippen LogP contribution in [-0.4, -0.2) is 11.5 Å². The summed E-state index contributed by atoms with van der Waals surface area (Å²) in [6.45, 7) is 10.8. The molecule has 0 fully saturated rings. The van der Waals surface area contributed by atoms with Crippen molar-refractivity contribution in [2.24, 2.45) is 5.92 Å². The van der Waals surface area contributed by atoms with Gasteiger partial charge in [0.1, 0.15) is 0 Å². The van der Waals surface area contributed by atoms with Gasteiger partial charge in [0, 0.05) is 17.8 Å². The molecule has 1 heterocycles. The maximum Gasteiger partial charge on any atom is 0.0975 e. The van der Waals surface area contributed by atoms with Crippen LogP contribution in [0.5, 0.6) is 0 Å². The third-order valence-electron chi connectivity index (χ3n) is 3.43. The van der Waals surface area contributed by atoms with Crippen LogP contribution >= 0.6 is 11.3 Å². The van der Waals surface area contributed by atoms with E-state index in [9.17, 15) is 0 Å². The first kappa shape index (κ1) is 16.2. The van der Waals surface area contributed by atoms with E-state index in [1.54, 1.807) is 0 Å². The fourth-order valence-electron chi connectivity index (χ4n) is 2.40. The highest BCUT2D eigenvalue weighted by atomic mass is 32.1. The second-order valence-electron chi connectivity index (χ2n) is 6.02. The van der Waals surface area contributed by atoms with Crippen LogP contribution in [0.25, 0.3) is 0 Å². The maximum absolute atomic E-state index is 4.83. The first-order chi connectivity index (χ1) is 10.1. The Kier molecular flexibility index (Phi) is 5.95. The first-order valence-corrected chi connectivity index (χ1v) is 8.63. The third-order valence-corrected chi connectivity index (χ3v) is 4.53. The normalized spacial score (nSPS) is 11.3. The number of nitrogens with zero attached hydrogens (tertiary/aromatic N) is 1. The number of thiazole rings is 1. The number of benzene rings is 1. The summed E-state index contributed by atoms with van der Waals surface area (Å²) in [5, 5.41) is 4.77. The Morgan fingerprint density at radius 3 is 2.76 bits per heavy atom. The van der Waals surface area contributed by atoms with Crippen LogP contribution in [0.2, 0.25) is 0 Å². The summed E-state index contributed by atoms with van der Waals surface area (Å²) in [6, 6.07) is 8.72. The number of hydrogen-bond acceptors (Lipinski definition) is 3. The molecule has 0 amide bonds. The number of nitrogens with one attached hydrogen (secondary N) is 1. The molecule has 2 nitrogen and oxygen atoms in total. The van der Waals surface area contributed by atoms with Crippen molar-refractivity contribution >= 4 is 11.3 Å². The SMILES string of the molecule is CCc1nc(Cc2cccc(C)c2)sc1CNCC(C)C. The summed E-state index contributed by atoms with van der Waals surface area (Å²) in [7, 11) is 0. The minimum absolute atomic E-state index is 0.690. The molecule has 1 aromatic heterocycles. The first-order valence-electron chi connectivity index (χ1n) is 7.82. The summed E-state index contributed by atoms with van der Waals surface area (Å²) < 4.78 is 0. The molecule has 0 aliphatic carbocycles. The van der Waals surface area contributed by atoms with Gasteiger partial charge < -0.3 is 5.32 Å². The zero-order chi connectivity index (χ0) is 15.2. The van der Waals surface area contributed by atoms with Crippen LogP contribution in [0.3, 0.4) is 0 Å². The van der Waals surface area contributed by atoms with E-state index in [-0.39, 0.29) is 0 Å². The van der Waals surface area contributed by atoms with E-state index in [1.807, 2.05) is 11.3 Å². The van der Waals surface area contributed by atoms with E-state index in [4.69, 9.17) is 4.98 Å². The zero-order valence-electron chi connectivity index (χ0n) is 13.6. The molecule has 2 aromatic rings. The van der Waals surface area contributed by atoms with Crippen LogP contribution in [0.15, 0.2) is 24.3 Å². The molecule has 21 heavy (non-hydrogen) atoms. The summed E-state index contributed by atoms with van der Waals surface area (Å²) >= 11 is 1.86. The molecule has 1 aromatic carbocycles. The molecule has 0 saturated carbocycles. The number of rotatable bonds is 7. The fraction of sp³-hybridized carbons (Fsp3) is 0.500. The molecular formula is C18H26N2S. The Morgan fingerprint density at radius 1 is 1.29 bits per heavy atom. The molecule has 3 heteroatoms. The molecule has 0 aliphatic rings. The lowest BCUT2D eigenvalue weighted by molar-refractivity contribution is 0.553. The van der Waals surface area contributed by atoms with Crippen molar-refractivity contribution in [1.29, 1.82) is 0 Å². The van der Waals surface area contributed by atoms with Crippen molar-refractivity contribution < 1.29 is 0 Å². The zero-order valence-corrected chi connectivity index (χ0v) is 14.4. The van der Waals surface area contributed by atoms with Crippen LogP contribution in [0.1, 0.15) is 47.5 Å². The van der Waals surface area contributed by atoms with Crippen LogP contribution in [0, 0.1) is 12.8 Å². The highest BCUT2D eigenvalue weighted by Crippen LogP contribution is 2.22. The lowest BCUT2D eigenvalue weighted by atomic mass is 10.1. The van der Waals surface area contributed by atoms with E-state index in [1.165, 1.54) is 26.7 Å². The molecule has 0 bridgehead atoms. The van der Waals surface area contributed by atoms with Gasteiger partial charge in [-0.3, -0.25) is 0 Å². The van der Waals surface area contributed by atoms with E-state index in [0.717, 1.165) is 25.9 Å². The van der Waals surface area contributed by atoms with Crippen LogP contribution in [-0.2, 0) is 19.4 Å². The van der Waals surface area contributed by atoms with Crippen LogP contribution < -0.4 is 5.32 Å². The summed E-state index contributed by atoms with van der Waals surface area (Å²) in [5.74, 6) is 0.690. The van der Waals surface area contributed by atoms with Gasteiger partial charge in [-0.25, -0.2) is 4.98 Å². The number of aromatic nitrogens is 1. The van der Waals surface area contributed by atoms with E-state index in [0.29, 0.717) is 5.92 Å². The smallest absolute Gasteiger partial charge is 0.0975 e. The second kappa shape index (κ2) is 7.71. The van der Waals surface area contributed by atoms with Gasteiger partial charge in [0.2, 0.25) is 0 Å². The molecule has 2 rings (SSSR count). The highest BCUT2D eigenvalue weighted by Gasteiger charge is 2.10. The van der Waals surface area contributed by atoms with E-state index >= 15 is 0 Å². The maximum atomic E-state index is 4.83. The van der Waals surface area contributed by atoms with Crippen molar-refractivity contribution in [2.45, 2.75) is 47.1 Å². The molecule has 0 radical (unpaired) electrons. The minimum atomic E-state index is 0.690. The van der Waals surface area contributed by atoms with Gasteiger partial charge in [0.05, 0.1) is 10.7 Å². The van der Waals surface area contributed by atoms with Gasteiger partial charge in [0.25, 0.3) is 0 Å². The summed E-state index contributed by atoms with van der Waals surface area (Å²) in [6.07, 6.45) is 1.96. The van der Waals surface area contributed by atoms with Crippen molar-refractivity contribution in [3.8, 4) is 0 Å². The van der Waals surface area contributed by atoms with Crippen LogP contribution in [0.4, 0.5) is 0 Å². The van der Waals surface area contributed by atoms with Crippen molar-refractivity contribution in [3.05, 3.63) is 51.0 Å². The fourth-order valence-corrected chi connectivity index (χ4v) is 3.56. The quantitative estimate of drug-likeness (QED) is 0.822. The average molecular weight is 302 g/mol. The minimum Gasteiger partial charge on any atom is -0.312 e. The lowest BCUT2D eigenvalue weighted by Crippen LogP contribution is -2.18. The van der Waals surface area contributed by atoms with Gasteiger partial charge in [0.15, 0.2) is 0 Å². The molecule has 0 saturated heterocycles. The number of aryl methyl sites for hydroxylation is 2. The molecule has 114 valence electrons. The Labute approximate surface area is 132 Å². The van der Waals surface area contributed by atoms with Crippen molar-refractivity contribution in [2.75, 3.05) is 6.54 Å². The standard InChI is InChI=1S/C18H26N2S/c1-5-16-17(12-19-11-13(2)3)21-18(20-16)10-15-8-6-7-14(4)9-15/h6-9,13,19H,5,10-12H2,1-4H3. The van der Waals surface area contributed by atoms with Gasteiger partial charge in [-0.2, -0.15) is 0 Å². The monoisotopic (exact) mass is 302 g/mol. The second-order valence-corrected chi connectivity index (χ2v) is 7.19. The van der Waals surface area contributed by atoms with Gasteiger partial charge in [-0.15, -0.1) is 11.3 Å². The molecule has 1 N–H and O–H groups in total. The summed E-state index contributed by atoms with van der Waals surface area (Å²) in [4.78, 5) is 6.23. The Balaban J connectivity index is 2.05. The predicted octanol–water partition coefficient (Wildman–Crippen LogP) is 4.35. The molecule has 0 unspecified atom stereocenters. The molecular weight excluding hydrogens is 276 g/mol. The average Bonchev–Trinajstić information content (AvgIpc) is 2.80. The highest BCUT2D eigenvalue weighted by molar-refractivity contribution is 7.11. The molecule has 0 atom stereocenters. The Morgan fingerprint density at radius 2 is 2.10 bits per heavy atom. The van der Waals surface area contributed by atoms with Gasteiger partial charge >= 0.3 is 0 Å². The van der Waals surface area contributed by atoms with E-state index in [2.05, 4.69) is 57.3 Å². The lowest BCUT2D eigenvalue weighted by Gasteiger charge is -2.06. The van der Waals surface area contributed by atoms with Gasteiger partial charge in [-0.05, 0) is 31.4 Å². The van der Waals surface area contributed by atoms with Crippen molar-refractivity contribution in [3.63, 3.8) is 0 Å². The topological polar surface area (TPSA) is 24.9 Å². The molecule has 0 aliphatic heterocycles. The van der Waals surface area contributed by atoms with E-state index < -0.39 is 0 Å². The van der Waals surface area contributed by atoms with Gasteiger partial charge in [-0.1, -0.05) is 50.6 Å². The largest absolute Gasteiger partial charge is 0.312 e. The Bertz CT molecular complexity index is 572. The number of hydrogen-bond donors (Lipinski definition) is 1.